The van der Waals surface area contributed by atoms with Gasteiger partial charge in [0.1, 0.15) is 23.2 Å². The number of piperidine rings is 1. The van der Waals surface area contributed by atoms with Crippen molar-refractivity contribution < 1.29 is 9.32 Å². The highest BCUT2D eigenvalue weighted by Crippen LogP contribution is 2.34. The molecular weight excluding hydrogens is 366 g/mol. The first kappa shape index (κ1) is 19.4. The fourth-order valence-corrected chi connectivity index (χ4v) is 3.74. The Labute approximate surface area is 170 Å². The van der Waals surface area contributed by atoms with Gasteiger partial charge in [-0.05, 0) is 33.1 Å². The molecule has 0 spiro atoms. The van der Waals surface area contributed by atoms with Crippen LogP contribution in [0.1, 0.15) is 38.7 Å². The van der Waals surface area contributed by atoms with Crippen molar-refractivity contribution in [2.45, 2.75) is 46.1 Å². The van der Waals surface area contributed by atoms with Gasteiger partial charge in [0, 0.05) is 30.6 Å². The monoisotopic (exact) mass is 393 g/mol. The molecular formula is C22H27N5O2. The van der Waals surface area contributed by atoms with Gasteiger partial charge in [-0.3, -0.25) is 4.79 Å². The summed E-state index contributed by atoms with van der Waals surface area (Å²) >= 11 is 0. The summed E-state index contributed by atoms with van der Waals surface area (Å²) in [5.74, 6) is 1.04. The van der Waals surface area contributed by atoms with Crippen molar-refractivity contribution in [3.8, 4) is 11.3 Å². The van der Waals surface area contributed by atoms with Gasteiger partial charge in [-0.25, -0.2) is 4.98 Å². The first-order valence-electron chi connectivity index (χ1n) is 10.3. The molecule has 1 aromatic carbocycles. The maximum atomic E-state index is 12.5. The maximum absolute atomic E-state index is 12.5. The quantitative estimate of drug-likeness (QED) is 0.711. The molecule has 0 aliphatic carbocycles. The molecule has 1 N–H and O–H groups in total. The molecule has 1 fully saturated rings. The van der Waals surface area contributed by atoms with Crippen LogP contribution in [0.5, 0.6) is 0 Å². The molecule has 1 atom stereocenters. The predicted molar refractivity (Wildman–Crippen MR) is 113 cm³/mol. The van der Waals surface area contributed by atoms with Crippen molar-refractivity contribution in [1.29, 1.82) is 0 Å². The fraction of sp³-hybridized carbons (Fsp3) is 0.455. The number of hydrogen-bond acceptors (Lipinski definition) is 6. The van der Waals surface area contributed by atoms with Gasteiger partial charge in [0.25, 0.3) is 5.71 Å². The standard InChI is InChI=1S/C22H27N5O2/c1-4-15(3)25-21(28)17-9-11-27(12-10-17)20-18-19(16-7-5-14(2)6-8-16)26-29-22(18)24-13-23-20/h5-8,13,15,17H,4,9-12H2,1-3H3,(H,25,28)/t15-/m1/s1. The van der Waals surface area contributed by atoms with Gasteiger partial charge < -0.3 is 14.7 Å². The summed E-state index contributed by atoms with van der Waals surface area (Å²) in [6.07, 6.45) is 4.07. The molecule has 1 aliphatic heterocycles. The van der Waals surface area contributed by atoms with E-state index in [1.165, 1.54) is 11.9 Å². The average molecular weight is 393 g/mol. The van der Waals surface area contributed by atoms with E-state index in [0.717, 1.165) is 54.8 Å². The largest absolute Gasteiger partial charge is 0.356 e. The first-order valence-corrected chi connectivity index (χ1v) is 10.3. The average Bonchev–Trinajstić information content (AvgIpc) is 3.18. The molecule has 152 valence electrons. The van der Waals surface area contributed by atoms with Crippen molar-refractivity contribution in [3.63, 3.8) is 0 Å². The number of nitrogens with one attached hydrogen (secondary N) is 1. The van der Waals surface area contributed by atoms with Crippen LogP contribution >= 0.6 is 0 Å². The van der Waals surface area contributed by atoms with Crippen molar-refractivity contribution in [3.05, 3.63) is 36.2 Å². The van der Waals surface area contributed by atoms with E-state index in [4.69, 9.17) is 4.52 Å². The Morgan fingerprint density at radius 1 is 1.24 bits per heavy atom. The summed E-state index contributed by atoms with van der Waals surface area (Å²) in [7, 11) is 0. The zero-order valence-electron chi connectivity index (χ0n) is 17.2. The molecule has 7 nitrogen and oxygen atoms in total. The zero-order chi connectivity index (χ0) is 20.4. The number of anilines is 1. The Kier molecular flexibility index (Phi) is 5.47. The molecule has 1 amide bonds. The van der Waals surface area contributed by atoms with E-state index in [9.17, 15) is 4.79 Å². The number of rotatable bonds is 5. The van der Waals surface area contributed by atoms with Crippen LogP contribution in [0.3, 0.4) is 0 Å². The number of aryl methyl sites for hydroxylation is 1. The van der Waals surface area contributed by atoms with Crippen molar-refractivity contribution >= 4 is 22.8 Å². The highest BCUT2D eigenvalue weighted by molar-refractivity contribution is 5.98. The van der Waals surface area contributed by atoms with E-state index in [-0.39, 0.29) is 17.9 Å². The van der Waals surface area contributed by atoms with Gasteiger partial charge in [-0.15, -0.1) is 0 Å². The van der Waals surface area contributed by atoms with Gasteiger partial charge in [0.2, 0.25) is 5.91 Å². The summed E-state index contributed by atoms with van der Waals surface area (Å²) < 4.78 is 5.49. The Morgan fingerprint density at radius 3 is 2.66 bits per heavy atom. The van der Waals surface area contributed by atoms with Gasteiger partial charge in [0.15, 0.2) is 0 Å². The number of carbonyl (C=O) groups excluding carboxylic acids is 1. The lowest BCUT2D eigenvalue weighted by molar-refractivity contribution is -0.126. The fourth-order valence-electron chi connectivity index (χ4n) is 3.74. The lowest BCUT2D eigenvalue weighted by atomic mass is 9.95. The van der Waals surface area contributed by atoms with Gasteiger partial charge in [-0.2, -0.15) is 4.98 Å². The Bertz CT molecular complexity index is 990. The van der Waals surface area contributed by atoms with E-state index in [1.807, 2.05) is 19.1 Å². The van der Waals surface area contributed by atoms with Crippen molar-refractivity contribution in [1.82, 2.24) is 20.4 Å². The van der Waals surface area contributed by atoms with E-state index in [1.54, 1.807) is 0 Å². The van der Waals surface area contributed by atoms with E-state index in [2.05, 4.69) is 51.3 Å². The number of nitrogens with zero attached hydrogens (tertiary/aromatic N) is 4. The molecule has 0 bridgehead atoms. The predicted octanol–water partition coefficient (Wildman–Crippen LogP) is 3.72. The summed E-state index contributed by atoms with van der Waals surface area (Å²) in [4.78, 5) is 23.5. The van der Waals surface area contributed by atoms with Gasteiger partial charge >= 0.3 is 0 Å². The lowest BCUT2D eigenvalue weighted by Gasteiger charge is -2.32. The molecule has 0 radical (unpaired) electrons. The minimum Gasteiger partial charge on any atom is -0.356 e. The van der Waals surface area contributed by atoms with Crippen LogP contribution < -0.4 is 10.2 Å². The van der Waals surface area contributed by atoms with Crippen LogP contribution in [0.2, 0.25) is 0 Å². The van der Waals surface area contributed by atoms with Crippen LogP contribution in [0.4, 0.5) is 5.82 Å². The van der Waals surface area contributed by atoms with E-state index >= 15 is 0 Å². The molecule has 1 saturated heterocycles. The molecule has 0 saturated carbocycles. The number of aromatic nitrogens is 3. The Hall–Kier alpha value is -2.96. The van der Waals surface area contributed by atoms with Crippen LogP contribution in [0.15, 0.2) is 35.1 Å². The topological polar surface area (TPSA) is 84.2 Å². The van der Waals surface area contributed by atoms with Crippen LogP contribution in [0.25, 0.3) is 22.4 Å². The summed E-state index contributed by atoms with van der Waals surface area (Å²) in [5.41, 5.74) is 3.42. The minimum atomic E-state index is 0.0524. The van der Waals surface area contributed by atoms with E-state index in [0.29, 0.717) is 5.71 Å². The molecule has 3 aromatic rings. The number of amides is 1. The summed E-state index contributed by atoms with van der Waals surface area (Å²) in [6, 6.07) is 8.40. The van der Waals surface area contributed by atoms with Gasteiger partial charge in [0.05, 0.1) is 0 Å². The molecule has 3 heterocycles. The van der Waals surface area contributed by atoms with Gasteiger partial charge in [-0.1, -0.05) is 41.9 Å². The highest BCUT2D eigenvalue weighted by atomic mass is 16.5. The van der Waals surface area contributed by atoms with Crippen LogP contribution in [-0.2, 0) is 4.79 Å². The second-order valence-corrected chi connectivity index (χ2v) is 7.85. The van der Waals surface area contributed by atoms with E-state index < -0.39 is 0 Å². The molecule has 4 rings (SSSR count). The van der Waals surface area contributed by atoms with Crippen LogP contribution in [0, 0.1) is 12.8 Å². The third-order valence-corrected chi connectivity index (χ3v) is 5.74. The van der Waals surface area contributed by atoms with Crippen LogP contribution in [-0.4, -0.2) is 40.2 Å². The van der Waals surface area contributed by atoms with Crippen molar-refractivity contribution in [2.24, 2.45) is 5.92 Å². The first-order chi connectivity index (χ1) is 14.1. The highest BCUT2D eigenvalue weighted by Gasteiger charge is 2.28. The molecule has 1 aliphatic rings. The number of benzene rings is 1. The smallest absolute Gasteiger partial charge is 0.263 e. The summed E-state index contributed by atoms with van der Waals surface area (Å²) in [6.45, 7) is 7.72. The normalized spacial score (nSPS) is 16.2. The molecule has 29 heavy (non-hydrogen) atoms. The van der Waals surface area contributed by atoms with Crippen molar-refractivity contribution in [2.75, 3.05) is 18.0 Å². The third-order valence-electron chi connectivity index (χ3n) is 5.74. The third kappa shape index (κ3) is 3.95. The number of carbonyl (C=O) groups is 1. The molecule has 7 heteroatoms. The second-order valence-electron chi connectivity index (χ2n) is 7.85. The SMILES string of the molecule is CC[C@@H](C)NC(=O)C1CCN(c2ncnc3onc(-c4ccc(C)cc4)c23)CC1. The Morgan fingerprint density at radius 2 is 1.97 bits per heavy atom. The molecule has 0 unspecified atom stereocenters. The Balaban J connectivity index is 1.57. The zero-order valence-corrected chi connectivity index (χ0v) is 17.2. The number of fused-ring (bicyclic) bond motifs is 1. The maximum Gasteiger partial charge on any atom is 0.263 e. The number of hydrogen-bond donors (Lipinski definition) is 1. The molecule has 2 aromatic heterocycles. The lowest BCUT2D eigenvalue weighted by Crippen LogP contribution is -2.43. The second kappa shape index (κ2) is 8.19. The minimum absolute atomic E-state index is 0.0524. The summed E-state index contributed by atoms with van der Waals surface area (Å²) in [5, 5.41) is 8.21.